The van der Waals surface area contributed by atoms with E-state index in [1.165, 1.54) is 18.9 Å². The summed E-state index contributed by atoms with van der Waals surface area (Å²) in [6.45, 7) is 2.45. The van der Waals surface area contributed by atoms with Crippen molar-refractivity contribution in [1.82, 2.24) is 9.55 Å². The van der Waals surface area contributed by atoms with Gasteiger partial charge in [-0.25, -0.2) is 4.98 Å². The maximum absolute atomic E-state index is 12.0. The number of ether oxygens (including phenoxy) is 2. The zero-order valence-corrected chi connectivity index (χ0v) is 19.3. The second-order valence-corrected chi connectivity index (χ2v) is 8.88. The normalized spacial score (nSPS) is 10.8. The van der Waals surface area contributed by atoms with Gasteiger partial charge < -0.3 is 19.8 Å². The van der Waals surface area contributed by atoms with Crippen LogP contribution in [0.25, 0.3) is 11.4 Å². The van der Waals surface area contributed by atoms with Crippen LogP contribution in [0.4, 0.5) is 0 Å². The Hall–Kier alpha value is -2.78. The van der Waals surface area contributed by atoms with Crippen molar-refractivity contribution in [3.05, 3.63) is 57.5 Å². The molecule has 0 aliphatic rings. The summed E-state index contributed by atoms with van der Waals surface area (Å²) < 4.78 is 12.0. The number of hydrogen-bond donors (Lipinski definition) is 1. The number of hydrogen-bond acceptors (Lipinski definition) is 7. The molecule has 0 unspecified atom stereocenters. The van der Waals surface area contributed by atoms with E-state index in [0.29, 0.717) is 17.9 Å². The number of thioether (sulfide) groups is 1. The monoisotopic (exact) mass is 459 g/mol. The van der Waals surface area contributed by atoms with Gasteiger partial charge in [-0.15, -0.1) is 23.1 Å². The largest absolute Gasteiger partial charge is 0.497 e. The van der Waals surface area contributed by atoms with Crippen molar-refractivity contribution in [3.63, 3.8) is 0 Å². The number of carbonyl (C=O) groups excluding carboxylic acids is 2. The molecule has 2 aromatic heterocycles. The number of esters is 1. The van der Waals surface area contributed by atoms with E-state index in [-0.39, 0.29) is 5.97 Å². The number of nitrogens with two attached hydrogens (primary N) is 1. The summed E-state index contributed by atoms with van der Waals surface area (Å²) in [6.07, 6.45) is 0.755. The number of thiazole rings is 1. The number of nitrogens with zero attached hydrogens (tertiary/aromatic N) is 2. The highest BCUT2D eigenvalue weighted by atomic mass is 32.2. The van der Waals surface area contributed by atoms with Gasteiger partial charge in [-0.3, -0.25) is 9.59 Å². The Labute approximate surface area is 189 Å². The van der Waals surface area contributed by atoms with E-state index in [1.807, 2.05) is 42.6 Å². The second-order valence-electron chi connectivity index (χ2n) is 6.84. The quantitative estimate of drug-likeness (QED) is 0.368. The average Bonchev–Trinajstić information content (AvgIpc) is 3.36. The summed E-state index contributed by atoms with van der Waals surface area (Å²) in [5, 5.41) is 2.96. The van der Waals surface area contributed by atoms with Gasteiger partial charge in [-0.2, -0.15) is 0 Å². The fourth-order valence-corrected chi connectivity index (χ4v) is 4.87. The van der Waals surface area contributed by atoms with Crippen molar-refractivity contribution in [3.8, 4) is 17.1 Å². The number of amides is 1. The van der Waals surface area contributed by atoms with E-state index in [0.717, 1.165) is 45.6 Å². The highest BCUT2D eigenvalue weighted by Gasteiger charge is 2.19. The molecule has 0 saturated heterocycles. The zero-order valence-electron chi connectivity index (χ0n) is 17.7. The van der Waals surface area contributed by atoms with Crippen LogP contribution in [-0.4, -0.2) is 47.2 Å². The average molecular weight is 460 g/mol. The first-order valence-corrected chi connectivity index (χ1v) is 11.7. The van der Waals surface area contributed by atoms with Crippen molar-refractivity contribution < 1.29 is 19.1 Å². The number of aromatic nitrogens is 2. The highest BCUT2D eigenvalue weighted by molar-refractivity contribution is 7.99. The number of carbonyl (C=O) groups is 2. The van der Waals surface area contributed by atoms with E-state index in [9.17, 15) is 9.59 Å². The van der Waals surface area contributed by atoms with Crippen LogP contribution in [0.2, 0.25) is 0 Å². The molecule has 0 aliphatic carbocycles. The van der Waals surface area contributed by atoms with Crippen LogP contribution in [0.15, 0.2) is 35.7 Å². The molecule has 2 N–H and O–H groups in total. The Balaban J connectivity index is 1.83. The minimum Gasteiger partial charge on any atom is -0.497 e. The van der Waals surface area contributed by atoms with E-state index in [2.05, 4.69) is 9.30 Å². The Kier molecular flexibility index (Phi) is 7.75. The van der Waals surface area contributed by atoms with Crippen molar-refractivity contribution in [2.45, 2.75) is 19.9 Å². The molecule has 0 aliphatic heterocycles. The number of methoxy groups -OCH3 is 2. The minimum absolute atomic E-state index is 0.227. The van der Waals surface area contributed by atoms with Gasteiger partial charge in [0.2, 0.25) is 0 Å². The summed E-state index contributed by atoms with van der Waals surface area (Å²) >= 11 is 3.08. The fourth-order valence-electron chi connectivity index (χ4n) is 3.18. The van der Waals surface area contributed by atoms with Crippen molar-refractivity contribution in [1.29, 1.82) is 0 Å². The Morgan fingerprint density at radius 2 is 2.06 bits per heavy atom. The molecule has 1 aromatic carbocycles. The lowest BCUT2D eigenvalue weighted by atomic mass is 10.2. The molecule has 0 saturated carbocycles. The topological polar surface area (TPSA) is 96.4 Å². The van der Waals surface area contributed by atoms with E-state index >= 15 is 0 Å². The third kappa shape index (κ3) is 5.68. The van der Waals surface area contributed by atoms with Gasteiger partial charge in [0.1, 0.15) is 5.75 Å². The maximum Gasteiger partial charge on any atom is 0.315 e. The first kappa shape index (κ1) is 22.9. The molecule has 7 nitrogen and oxygen atoms in total. The summed E-state index contributed by atoms with van der Waals surface area (Å²) in [6, 6.07) is 9.63. The van der Waals surface area contributed by atoms with Crippen LogP contribution in [0.3, 0.4) is 0 Å². The summed E-state index contributed by atoms with van der Waals surface area (Å²) in [7, 11) is 3.02. The molecule has 0 fully saturated rings. The number of primary amides is 1. The summed E-state index contributed by atoms with van der Waals surface area (Å²) in [5.74, 6) is 1.20. The standard InChI is InChI=1S/C22H25N3O4S2/c1-14-17(22(23)27)10-19(25(14)11-15-5-4-6-16(9-15)28-2)18-12-31-20(24-18)7-8-30-13-21(26)29-3/h4-6,9-10,12H,7-8,11,13H2,1-3H3,(H2,23,27). The lowest BCUT2D eigenvalue weighted by Gasteiger charge is -2.12. The van der Waals surface area contributed by atoms with Crippen LogP contribution in [0, 0.1) is 6.92 Å². The molecule has 164 valence electrons. The minimum atomic E-state index is -0.460. The summed E-state index contributed by atoms with van der Waals surface area (Å²) in [4.78, 5) is 27.9. The fraction of sp³-hybridized carbons (Fsp3) is 0.318. The molecule has 31 heavy (non-hydrogen) atoms. The Bertz CT molecular complexity index is 1070. The van der Waals surface area contributed by atoms with Crippen LogP contribution in [-0.2, 0) is 22.5 Å². The molecule has 9 heteroatoms. The Morgan fingerprint density at radius 1 is 1.26 bits per heavy atom. The lowest BCUT2D eigenvalue weighted by Crippen LogP contribution is -2.12. The van der Waals surface area contributed by atoms with Crippen LogP contribution in [0.5, 0.6) is 5.75 Å². The number of aryl methyl sites for hydroxylation is 1. The Morgan fingerprint density at radius 3 is 2.77 bits per heavy atom. The smallest absolute Gasteiger partial charge is 0.315 e. The van der Waals surface area contributed by atoms with Gasteiger partial charge in [0, 0.05) is 29.8 Å². The van der Waals surface area contributed by atoms with E-state index in [4.69, 9.17) is 15.5 Å². The highest BCUT2D eigenvalue weighted by Crippen LogP contribution is 2.29. The van der Waals surface area contributed by atoms with E-state index < -0.39 is 5.91 Å². The summed E-state index contributed by atoms with van der Waals surface area (Å²) in [5.41, 5.74) is 9.59. The molecular formula is C22H25N3O4S2. The second kappa shape index (κ2) is 10.5. The molecule has 0 spiro atoms. The van der Waals surface area contributed by atoms with E-state index in [1.54, 1.807) is 18.4 Å². The van der Waals surface area contributed by atoms with Crippen LogP contribution < -0.4 is 10.5 Å². The van der Waals surface area contributed by atoms with Gasteiger partial charge in [0.15, 0.2) is 0 Å². The predicted octanol–water partition coefficient (Wildman–Crippen LogP) is 3.52. The van der Waals surface area contributed by atoms with Crippen LogP contribution in [0.1, 0.15) is 26.6 Å². The molecule has 0 bridgehead atoms. The van der Waals surface area contributed by atoms with Gasteiger partial charge in [0.05, 0.1) is 41.9 Å². The zero-order chi connectivity index (χ0) is 22.4. The third-order valence-corrected chi connectivity index (χ3v) is 6.67. The van der Waals surface area contributed by atoms with Gasteiger partial charge >= 0.3 is 5.97 Å². The van der Waals surface area contributed by atoms with Gasteiger partial charge in [0.25, 0.3) is 5.91 Å². The molecule has 3 aromatic rings. The molecule has 1 amide bonds. The molecule has 0 atom stereocenters. The number of rotatable bonds is 10. The molecule has 0 radical (unpaired) electrons. The first-order chi connectivity index (χ1) is 14.9. The molecule has 2 heterocycles. The van der Waals surface area contributed by atoms with Crippen LogP contribution >= 0.6 is 23.1 Å². The third-order valence-electron chi connectivity index (χ3n) is 4.83. The molecular weight excluding hydrogens is 434 g/mol. The predicted molar refractivity (Wildman–Crippen MR) is 124 cm³/mol. The first-order valence-electron chi connectivity index (χ1n) is 9.65. The maximum atomic E-state index is 12.0. The van der Waals surface area contributed by atoms with Gasteiger partial charge in [-0.05, 0) is 30.7 Å². The SMILES string of the molecule is COC(=O)CSCCc1nc(-c2cc(C(N)=O)c(C)n2Cc2cccc(OC)c2)cs1. The van der Waals surface area contributed by atoms with Crippen molar-refractivity contribution in [2.24, 2.45) is 5.73 Å². The van der Waals surface area contributed by atoms with Crippen molar-refractivity contribution in [2.75, 3.05) is 25.7 Å². The molecule has 3 rings (SSSR count). The lowest BCUT2D eigenvalue weighted by molar-refractivity contribution is -0.137. The van der Waals surface area contributed by atoms with Gasteiger partial charge in [-0.1, -0.05) is 12.1 Å². The number of benzene rings is 1. The van der Waals surface area contributed by atoms with Crippen molar-refractivity contribution >= 4 is 35.0 Å².